The number of aromatic nitrogens is 2. The molecule has 0 aromatic carbocycles. The molecule has 1 unspecified atom stereocenters. The van der Waals surface area contributed by atoms with E-state index in [-0.39, 0.29) is 5.56 Å². The predicted molar refractivity (Wildman–Crippen MR) is 65.7 cm³/mol. The lowest BCUT2D eigenvalue weighted by Crippen LogP contribution is -2.32. The highest BCUT2D eigenvalue weighted by Crippen LogP contribution is 2.25. The summed E-state index contributed by atoms with van der Waals surface area (Å²) in [4.78, 5) is 22.6. The van der Waals surface area contributed by atoms with Crippen LogP contribution in [-0.4, -0.2) is 55.2 Å². The molecule has 1 fully saturated rings. The number of hydrogen-bond donors (Lipinski definition) is 1. The lowest BCUT2D eigenvalue weighted by atomic mass is 10.2. The number of nitrogens with one attached hydrogen (secondary N) is 1. The van der Waals surface area contributed by atoms with Crippen LogP contribution in [-0.2, 0) is 0 Å². The van der Waals surface area contributed by atoms with Crippen molar-refractivity contribution in [1.82, 2.24) is 14.9 Å². The molecule has 1 aliphatic rings. The van der Waals surface area contributed by atoms with Crippen molar-refractivity contribution in [3.05, 3.63) is 16.7 Å². The first-order chi connectivity index (χ1) is 8.13. The van der Waals surface area contributed by atoms with Gasteiger partial charge in [-0.2, -0.15) is 0 Å². The molecule has 6 nitrogen and oxygen atoms in total. The first kappa shape index (κ1) is 11.9. The van der Waals surface area contributed by atoms with Gasteiger partial charge >= 0.3 is 0 Å². The number of likely N-dealkylation sites (N-methyl/N-ethyl adjacent to an activating group) is 1. The van der Waals surface area contributed by atoms with Crippen LogP contribution < -0.4 is 15.2 Å². The number of hydrogen-bond acceptors (Lipinski definition) is 5. The summed E-state index contributed by atoms with van der Waals surface area (Å²) in [5.41, 5.74) is -0.231. The van der Waals surface area contributed by atoms with Crippen LogP contribution in [0, 0.1) is 0 Å². The zero-order chi connectivity index (χ0) is 12.4. The first-order valence-electron chi connectivity index (χ1n) is 5.66. The summed E-state index contributed by atoms with van der Waals surface area (Å²) in [6, 6.07) is 0.501. The first-order valence-corrected chi connectivity index (χ1v) is 5.66. The van der Waals surface area contributed by atoms with E-state index >= 15 is 0 Å². The van der Waals surface area contributed by atoms with Gasteiger partial charge in [0.25, 0.3) is 5.56 Å². The third-order valence-corrected chi connectivity index (χ3v) is 3.19. The van der Waals surface area contributed by atoms with Gasteiger partial charge in [0.15, 0.2) is 5.82 Å². The summed E-state index contributed by atoms with van der Waals surface area (Å²) in [5, 5.41) is 0. The molecule has 1 N–H and O–H groups in total. The van der Waals surface area contributed by atoms with Gasteiger partial charge < -0.3 is 19.5 Å². The Bertz CT molecular complexity index is 443. The van der Waals surface area contributed by atoms with Crippen molar-refractivity contribution in [2.24, 2.45) is 0 Å². The van der Waals surface area contributed by atoms with Crippen LogP contribution in [0.3, 0.4) is 0 Å². The minimum Gasteiger partial charge on any atom is -0.489 e. The molecule has 1 aromatic rings. The summed E-state index contributed by atoms with van der Waals surface area (Å²) in [7, 11) is 5.63. The Morgan fingerprint density at radius 3 is 2.94 bits per heavy atom. The van der Waals surface area contributed by atoms with Crippen LogP contribution in [0.15, 0.2) is 11.1 Å². The van der Waals surface area contributed by atoms with Crippen LogP contribution in [0.2, 0.25) is 0 Å². The Morgan fingerprint density at radius 2 is 2.35 bits per heavy atom. The number of nitrogens with zero attached hydrogens (tertiary/aromatic N) is 3. The van der Waals surface area contributed by atoms with Gasteiger partial charge in [0, 0.05) is 19.1 Å². The van der Waals surface area contributed by atoms with Gasteiger partial charge in [-0.05, 0) is 20.5 Å². The Kier molecular flexibility index (Phi) is 3.33. The highest BCUT2D eigenvalue weighted by atomic mass is 16.5. The third-order valence-electron chi connectivity index (χ3n) is 3.19. The molecule has 6 heteroatoms. The van der Waals surface area contributed by atoms with Gasteiger partial charge in [0.2, 0.25) is 5.75 Å². The summed E-state index contributed by atoms with van der Waals surface area (Å²) in [5.74, 6) is 0.938. The van der Waals surface area contributed by atoms with Crippen molar-refractivity contribution in [3.8, 4) is 5.75 Å². The minimum atomic E-state index is -0.231. The molecule has 0 saturated carbocycles. The SMILES string of the molecule is COc1c(N2CCC(N(C)C)C2)nc[nH]c1=O. The van der Waals surface area contributed by atoms with Gasteiger partial charge in [-0.25, -0.2) is 4.98 Å². The van der Waals surface area contributed by atoms with Crippen molar-refractivity contribution < 1.29 is 4.74 Å². The maximum atomic E-state index is 11.6. The third kappa shape index (κ3) is 2.26. The molecule has 1 aliphatic heterocycles. The molecule has 2 rings (SSSR count). The van der Waals surface area contributed by atoms with Crippen LogP contribution in [0.25, 0.3) is 0 Å². The fourth-order valence-electron chi connectivity index (χ4n) is 2.14. The van der Waals surface area contributed by atoms with Crippen LogP contribution in [0.4, 0.5) is 5.82 Å². The second-order valence-corrected chi connectivity index (χ2v) is 4.44. The van der Waals surface area contributed by atoms with Gasteiger partial charge in [-0.1, -0.05) is 0 Å². The molecule has 0 spiro atoms. The maximum Gasteiger partial charge on any atom is 0.295 e. The molecule has 94 valence electrons. The number of ether oxygens (including phenoxy) is 1. The summed E-state index contributed by atoms with van der Waals surface area (Å²) >= 11 is 0. The lowest BCUT2D eigenvalue weighted by molar-refractivity contribution is 0.315. The number of methoxy groups -OCH3 is 1. The average molecular weight is 238 g/mol. The molecule has 1 saturated heterocycles. The van der Waals surface area contributed by atoms with E-state index in [1.807, 2.05) is 0 Å². The van der Waals surface area contributed by atoms with E-state index in [0.717, 1.165) is 19.5 Å². The van der Waals surface area contributed by atoms with E-state index in [0.29, 0.717) is 17.6 Å². The summed E-state index contributed by atoms with van der Waals surface area (Å²) in [6.07, 6.45) is 2.49. The molecule has 1 aromatic heterocycles. The van der Waals surface area contributed by atoms with Gasteiger partial charge in [0.05, 0.1) is 13.4 Å². The molecule has 0 radical (unpaired) electrons. The molecule has 2 heterocycles. The second-order valence-electron chi connectivity index (χ2n) is 4.44. The highest BCUT2D eigenvalue weighted by molar-refractivity contribution is 5.51. The number of anilines is 1. The molecule has 17 heavy (non-hydrogen) atoms. The normalized spacial score (nSPS) is 20.0. The summed E-state index contributed by atoms with van der Waals surface area (Å²) < 4.78 is 5.12. The highest BCUT2D eigenvalue weighted by Gasteiger charge is 2.27. The predicted octanol–water partition coefficient (Wildman–Crippen LogP) is -0.0812. The van der Waals surface area contributed by atoms with Crippen molar-refractivity contribution in [3.63, 3.8) is 0 Å². The molecule has 1 atom stereocenters. The quantitative estimate of drug-likeness (QED) is 0.798. The van der Waals surface area contributed by atoms with Crippen molar-refractivity contribution >= 4 is 5.82 Å². The number of aromatic amines is 1. The van der Waals surface area contributed by atoms with Crippen LogP contribution in [0.5, 0.6) is 5.75 Å². The summed E-state index contributed by atoms with van der Waals surface area (Å²) in [6.45, 7) is 1.77. The molecule has 0 bridgehead atoms. The van der Waals surface area contributed by atoms with E-state index in [1.165, 1.54) is 13.4 Å². The smallest absolute Gasteiger partial charge is 0.295 e. The van der Waals surface area contributed by atoms with E-state index in [9.17, 15) is 4.79 Å². The Morgan fingerprint density at radius 1 is 1.59 bits per heavy atom. The number of rotatable bonds is 3. The molecule has 0 amide bonds. The lowest BCUT2D eigenvalue weighted by Gasteiger charge is -2.21. The minimum absolute atomic E-state index is 0.231. The molecular weight excluding hydrogens is 220 g/mol. The largest absolute Gasteiger partial charge is 0.489 e. The van der Waals surface area contributed by atoms with Crippen LogP contribution >= 0.6 is 0 Å². The standard InChI is InChI=1S/C11H18N4O2/c1-14(2)8-4-5-15(6-8)10-9(17-3)11(16)13-7-12-10/h7-8H,4-6H2,1-3H3,(H,12,13,16). The van der Waals surface area contributed by atoms with Crippen LogP contribution in [0.1, 0.15) is 6.42 Å². The van der Waals surface area contributed by atoms with Gasteiger partial charge in [-0.3, -0.25) is 4.79 Å². The zero-order valence-corrected chi connectivity index (χ0v) is 10.4. The topological polar surface area (TPSA) is 61.5 Å². The maximum absolute atomic E-state index is 11.6. The van der Waals surface area contributed by atoms with Gasteiger partial charge in [0.1, 0.15) is 0 Å². The monoisotopic (exact) mass is 238 g/mol. The van der Waals surface area contributed by atoms with Crippen molar-refractivity contribution in [2.75, 3.05) is 39.2 Å². The second kappa shape index (κ2) is 4.75. The number of H-pyrrole nitrogens is 1. The van der Waals surface area contributed by atoms with E-state index in [1.54, 1.807) is 0 Å². The van der Waals surface area contributed by atoms with E-state index in [4.69, 9.17) is 4.74 Å². The average Bonchev–Trinajstić information content (AvgIpc) is 2.77. The van der Waals surface area contributed by atoms with Gasteiger partial charge in [-0.15, -0.1) is 0 Å². The Balaban J connectivity index is 2.24. The Labute approximate surface area is 100 Å². The van der Waals surface area contributed by atoms with Crippen molar-refractivity contribution in [2.45, 2.75) is 12.5 Å². The Hall–Kier alpha value is -1.56. The fraction of sp³-hybridized carbons (Fsp3) is 0.636. The fourth-order valence-corrected chi connectivity index (χ4v) is 2.14. The zero-order valence-electron chi connectivity index (χ0n) is 10.4. The van der Waals surface area contributed by atoms with Crippen molar-refractivity contribution in [1.29, 1.82) is 0 Å². The molecular formula is C11H18N4O2. The van der Waals surface area contributed by atoms with E-state index < -0.39 is 0 Å². The van der Waals surface area contributed by atoms with E-state index in [2.05, 4.69) is 33.9 Å². The molecule has 0 aliphatic carbocycles.